The first kappa shape index (κ1) is 18.0. The summed E-state index contributed by atoms with van der Waals surface area (Å²) in [5.41, 5.74) is 0.386. The van der Waals surface area contributed by atoms with Gasteiger partial charge in [-0.1, -0.05) is 23.2 Å². The van der Waals surface area contributed by atoms with E-state index in [0.29, 0.717) is 10.7 Å². The zero-order chi connectivity index (χ0) is 17.9. The van der Waals surface area contributed by atoms with E-state index >= 15 is 0 Å². The second-order valence-electron chi connectivity index (χ2n) is 4.96. The van der Waals surface area contributed by atoms with Crippen molar-refractivity contribution in [2.75, 3.05) is 32.1 Å². The molecule has 0 saturated carbocycles. The van der Waals surface area contributed by atoms with Gasteiger partial charge in [-0.15, -0.1) is 0 Å². The Balaban J connectivity index is 1.81. The van der Waals surface area contributed by atoms with Crippen molar-refractivity contribution in [2.45, 2.75) is 0 Å². The van der Waals surface area contributed by atoms with Crippen molar-refractivity contribution in [3.63, 3.8) is 0 Å². The molecule has 1 aliphatic rings. The molecule has 0 unspecified atom stereocenters. The van der Waals surface area contributed by atoms with Gasteiger partial charge in [0.05, 0.1) is 10.0 Å². The molecule has 2 rings (SSSR count). The standard InChI is InChI=1S/C14H13Cl2N3O5/c1-18-5-12(21)19(14(18)23)6-13(22)24-7-11(20)17-8-2-3-9(15)10(16)4-8/h2-4H,5-7H2,1H3,(H,17,20). The molecule has 0 aromatic heterocycles. The number of ether oxygens (including phenoxy) is 1. The van der Waals surface area contributed by atoms with Crippen molar-refractivity contribution in [3.05, 3.63) is 28.2 Å². The van der Waals surface area contributed by atoms with Gasteiger partial charge in [-0.2, -0.15) is 0 Å². The largest absolute Gasteiger partial charge is 0.454 e. The van der Waals surface area contributed by atoms with Crippen LogP contribution in [0.3, 0.4) is 0 Å². The Morgan fingerprint density at radius 2 is 1.96 bits per heavy atom. The van der Waals surface area contributed by atoms with Crippen LogP contribution in [0.2, 0.25) is 10.0 Å². The molecule has 10 heteroatoms. The number of esters is 1. The van der Waals surface area contributed by atoms with Crippen LogP contribution in [0.5, 0.6) is 0 Å². The van der Waals surface area contributed by atoms with Gasteiger partial charge in [0.15, 0.2) is 6.61 Å². The Hall–Kier alpha value is -2.32. The number of carbonyl (C=O) groups excluding carboxylic acids is 4. The molecule has 1 aliphatic heterocycles. The van der Waals surface area contributed by atoms with Crippen LogP contribution in [-0.4, -0.2) is 60.4 Å². The lowest BCUT2D eigenvalue weighted by Gasteiger charge is -2.13. The van der Waals surface area contributed by atoms with Crippen LogP contribution in [-0.2, 0) is 19.1 Å². The normalized spacial score (nSPS) is 14.1. The molecule has 1 fully saturated rings. The number of likely N-dealkylation sites (N-methyl/N-ethyl adjacent to an activating group) is 1. The van der Waals surface area contributed by atoms with Crippen molar-refractivity contribution in [2.24, 2.45) is 0 Å². The van der Waals surface area contributed by atoms with E-state index in [1.54, 1.807) is 0 Å². The van der Waals surface area contributed by atoms with Crippen LogP contribution in [0, 0.1) is 0 Å². The highest BCUT2D eigenvalue weighted by Gasteiger charge is 2.35. The van der Waals surface area contributed by atoms with Crippen molar-refractivity contribution >= 4 is 52.7 Å². The Morgan fingerprint density at radius 1 is 1.25 bits per heavy atom. The van der Waals surface area contributed by atoms with Crippen LogP contribution in [0.15, 0.2) is 18.2 Å². The van der Waals surface area contributed by atoms with E-state index in [1.165, 1.54) is 30.1 Å². The van der Waals surface area contributed by atoms with E-state index in [1.807, 2.05) is 0 Å². The van der Waals surface area contributed by atoms with Crippen LogP contribution in [0.25, 0.3) is 0 Å². The smallest absolute Gasteiger partial charge is 0.327 e. The molecule has 1 saturated heterocycles. The molecule has 4 amide bonds. The lowest BCUT2D eigenvalue weighted by atomic mass is 10.3. The zero-order valence-corrected chi connectivity index (χ0v) is 14.1. The summed E-state index contributed by atoms with van der Waals surface area (Å²) >= 11 is 11.6. The van der Waals surface area contributed by atoms with Gasteiger partial charge in [-0.05, 0) is 18.2 Å². The average molecular weight is 374 g/mol. The van der Waals surface area contributed by atoms with Gasteiger partial charge < -0.3 is 15.0 Å². The molecule has 0 radical (unpaired) electrons. The van der Waals surface area contributed by atoms with E-state index in [2.05, 4.69) is 5.32 Å². The zero-order valence-electron chi connectivity index (χ0n) is 12.5. The van der Waals surface area contributed by atoms with Crippen LogP contribution >= 0.6 is 23.2 Å². The number of anilines is 1. The third-order valence-corrected chi connectivity index (χ3v) is 3.82. The number of amides is 4. The number of rotatable bonds is 5. The van der Waals surface area contributed by atoms with Crippen LogP contribution in [0.1, 0.15) is 0 Å². The van der Waals surface area contributed by atoms with E-state index in [9.17, 15) is 19.2 Å². The predicted molar refractivity (Wildman–Crippen MR) is 85.8 cm³/mol. The van der Waals surface area contributed by atoms with Gasteiger partial charge in [-0.3, -0.25) is 19.3 Å². The maximum atomic E-state index is 11.7. The van der Waals surface area contributed by atoms with E-state index < -0.39 is 37.0 Å². The number of carbonyl (C=O) groups is 4. The maximum absolute atomic E-state index is 11.7. The minimum atomic E-state index is -0.865. The summed E-state index contributed by atoms with van der Waals surface area (Å²) in [6.45, 7) is -1.20. The summed E-state index contributed by atoms with van der Waals surface area (Å²) in [6, 6.07) is 3.90. The number of hydrogen-bond acceptors (Lipinski definition) is 5. The van der Waals surface area contributed by atoms with Gasteiger partial charge >= 0.3 is 12.0 Å². The van der Waals surface area contributed by atoms with Crippen LogP contribution < -0.4 is 5.32 Å². The number of urea groups is 1. The Kier molecular flexibility index (Phi) is 5.63. The minimum Gasteiger partial charge on any atom is -0.454 e. The highest BCUT2D eigenvalue weighted by Crippen LogP contribution is 2.24. The molecule has 0 atom stereocenters. The molecule has 1 N–H and O–H groups in total. The monoisotopic (exact) mass is 373 g/mol. The number of imide groups is 1. The lowest BCUT2D eigenvalue weighted by Crippen LogP contribution is -2.37. The molecule has 128 valence electrons. The number of hydrogen-bond donors (Lipinski definition) is 1. The Bertz CT molecular complexity index is 710. The highest BCUT2D eigenvalue weighted by atomic mass is 35.5. The lowest BCUT2D eigenvalue weighted by molar-refractivity contribution is -0.149. The summed E-state index contributed by atoms with van der Waals surface area (Å²) in [5, 5.41) is 3.07. The van der Waals surface area contributed by atoms with Gasteiger partial charge in [0.25, 0.3) is 11.8 Å². The molecule has 0 aliphatic carbocycles. The summed E-state index contributed by atoms with van der Waals surface area (Å²) in [5.74, 6) is -1.96. The fraction of sp³-hybridized carbons (Fsp3) is 0.286. The summed E-state index contributed by atoms with van der Waals surface area (Å²) in [4.78, 5) is 48.4. The molecular formula is C14H13Cl2N3O5. The van der Waals surface area contributed by atoms with Crippen LogP contribution in [0.4, 0.5) is 10.5 Å². The third kappa shape index (κ3) is 4.36. The van der Waals surface area contributed by atoms with E-state index in [-0.39, 0.29) is 11.6 Å². The molecule has 1 heterocycles. The van der Waals surface area contributed by atoms with E-state index in [4.69, 9.17) is 27.9 Å². The van der Waals surface area contributed by atoms with Gasteiger partial charge in [0, 0.05) is 12.7 Å². The molecule has 1 aromatic rings. The second-order valence-corrected chi connectivity index (χ2v) is 5.77. The summed E-state index contributed by atoms with van der Waals surface area (Å²) < 4.78 is 4.75. The summed E-state index contributed by atoms with van der Waals surface area (Å²) in [6.07, 6.45) is 0. The highest BCUT2D eigenvalue weighted by molar-refractivity contribution is 6.42. The topological polar surface area (TPSA) is 96.0 Å². The Morgan fingerprint density at radius 3 is 2.54 bits per heavy atom. The van der Waals surface area contributed by atoms with E-state index in [0.717, 1.165) is 4.90 Å². The second kappa shape index (κ2) is 7.50. The van der Waals surface area contributed by atoms with Gasteiger partial charge in [0.2, 0.25) is 0 Å². The summed E-state index contributed by atoms with van der Waals surface area (Å²) in [7, 11) is 1.44. The maximum Gasteiger partial charge on any atom is 0.327 e. The first-order valence-electron chi connectivity index (χ1n) is 6.74. The van der Waals surface area contributed by atoms with Gasteiger partial charge in [-0.25, -0.2) is 4.79 Å². The van der Waals surface area contributed by atoms with Crippen molar-refractivity contribution < 1.29 is 23.9 Å². The third-order valence-electron chi connectivity index (χ3n) is 3.09. The first-order chi connectivity index (χ1) is 11.3. The van der Waals surface area contributed by atoms with Crippen molar-refractivity contribution in [3.8, 4) is 0 Å². The number of nitrogens with zero attached hydrogens (tertiary/aromatic N) is 2. The molecule has 8 nitrogen and oxygen atoms in total. The van der Waals surface area contributed by atoms with Crippen molar-refractivity contribution in [1.29, 1.82) is 0 Å². The SMILES string of the molecule is CN1CC(=O)N(CC(=O)OCC(=O)Nc2ccc(Cl)c(Cl)c2)C1=O. The number of nitrogens with one attached hydrogen (secondary N) is 1. The fourth-order valence-corrected chi connectivity index (χ4v) is 2.21. The first-order valence-corrected chi connectivity index (χ1v) is 7.49. The predicted octanol–water partition coefficient (Wildman–Crippen LogP) is 1.37. The van der Waals surface area contributed by atoms with Crippen molar-refractivity contribution in [1.82, 2.24) is 9.80 Å². The average Bonchev–Trinajstić information content (AvgIpc) is 2.75. The number of benzene rings is 1. The van der Waals surface area contributed by atoms with Gasteiger partial charge in [0.1, 0.15) is 13.1 Å². The number of halogens is 2. The molecular weight excluding hydrogens is 361 g/mol. The molecule has 0 bridgehead atoms. The quantitative estimate of drug-likeness (QED) is 0.620. The minimum absolute atomic E-state index is 0.0933. The molecule has 24 heavy (non-hydrogen) atoms. The Labute approximate surface area is 147 Å². The fourth-order valence-electron chi connectivity index (χ4n) is 1.92. The molecule has 1 aromatic carbocycles. The molecule has 0 spiro atoms.